The number of likely N-dealkylation sites (tertiary alicyclic amines) is 1. The van der Waals surface area contributed by atoms with Gasteiger partial charge in [-0.05, 0) is 79.5 Å². The lowest BCUT2D eigenvalue weighted by molar-refractivity contribution is -0.118. The lowest BCUT2D eigenvalue weighted by Gasteiger charge is -2.21. The number of aromatic nitrogens is 2. The highest BCUT2D eigenvalue weighted by Crippen LogP contribution is 2.32. The first-order valence-electron chi connectivity index (χ1n) is 11.3. The van der Waals surface area contributed by atoms with Crippen molar-refractivity contribution in [2.75, 3.05) is 12.3 Å². The fraction of sp³-hybridized carbons (Fsp3) is 0.296. The van der Waals surface area contributed by atoms with E-state index in [0.717, 1.165) is 60.4 Å². The van der Waals surface area contributed by atoms with Gasteiger partial charge in [0.15, 0.2) is 5.82 Å². The van der Waals surface area contributed by atoms with Crippen LogP contribution in [0.15, 0.2) is 48.7 Å². The molecule has 2 aromatic heterocycles. The van der Waals surface area contributed by atoms with E-state index in [-0.39, 0.29) is 6.04 Å². The van der Waals surface area contributed by atoms with Crippen molar-refractivity contribution in [3.8, 4) is 0 Å². The minimum absolute atomic E-state index is 0.223. The number of benzene rings is 2. The Hall–Kier alpha value is -3.47. The van der Waals surface area contributed by atoms with Gasteiger partial charge >= 0.3 is 0 Å². The van der Waals surface area contributed by atoms with Crippen molar-refractivity contribution in [2.45, 2.75) is 45.6 Å². The number of hydrogen-bond acceptors (Lipinski definition) is 4. The van der Waals surface area contributed by atoms with Gasteiger partial charge in [-0.25, -0.2) is 4.98 Å². The third kappa shape index (κ3) is 3.68. The summed E-state index contributed by atoms with van der Waals surface area (Å²) in [5.41, 5.74) is 14.1. The molecule has 1 amide bonds. The Labute approximate surface area is 188 Å². The van der Waals surface area contributed by atoms with E-state index < -0.39 is 0 Å². The molecule has 1 fully saturated rings. The first kappa shape index (κ1) is 20.4. The maximum absolute atomic E-state index is 11.3. The molecule has 0 bridgehead atoms. The lowest BCUT2D eigenvalue weighted by Crippen LogP contribution is -2.21. The molecule has 1 aliphatic rings. The molecule has 5 nitrogen and oxygen atoms in total. The molecule has 0 spiro atoms. The van der Waals surface area contributed by atoms with Gasteiger partial charge in [0.2, 0.25) is 6.41 Å². The summed E-state index contributed by atoms with van der Waals surface area (Å²) in [6.45, 7) is 5.09. The molecule has 3 heterocycles. The van der Waals surface area contributed by atoms with Gasteiger partial charge in [0.1, 0.15) is 5.52 Å². The van der Waals surface area contributed by atoms with E-state index in [2.05, 4.69) is 66.3 Å². The van der Waals surface area contributed by atoms with Gasteiger partial charge in [-0.2, -0.15) is 0 Å². The molecule has 1 aliphatic heterocycles. The first-order chi connectivity index (χ1) is 15.5. The van der Waals surface area contributed by atoms with Crippen LogP contribution in [0.25, 0.3) is 21.8 Å². The van der Waals surface area contributed by atoms with E-state index in [0.29, 0.717) is 5.82 Å². The van der Waals surface area contributed by atoms with Crippen LogP contribution >= 0.6 is 0 Å². The Morgan fingerprint density at radius 3 is 2.78 bits per heavy atom. The zero-order valence-corrected chi connectivity index (χ0v) is 18.6. The quantitative estimate of drug-likeness (QED) is 0.359. The summed E-state index contributed by atoms with van der Waals surface area (Å²) >= 11 is 0. The number of anilines is 1. The average molecular weight is 425 g/mol. The van der Waals surface area contributed by atoms with Crippen LogP contribution in [0.5, 0.6) is 0 Å². The van der Waals surface area contributed by atoms with Gasteiger partial charge in [0.25, 0.3) is 0 Å². The number of nitrogen functional groups attached to an aromatic ring is 1. The Balaban J connectivity index is 1.40. The van der Waals surface area contributed by atoms with Crippen molar-refractivity contribution in [1.82, 2.24) is 14.9 Å². The van der Waals surface area contributed by atoms with Gasteiger partial charge < -0.3 is 10.6 Å². The third-order valence-corrected chi connectivity index (χ3v) is 6.74. The van der Waals surface area contributed by atoms with Crippen LogP contribution in [0.1, 0.15) is 46.7 Å². The van der Waals surface area contributed by atoms with Crippen LogP contribution in [0.3, 0.4) is 0 Å². The van der Waals surface area contributed by atoms with Gasteiger partial charge in [0.05, 0.1) is 11.6 Å². The Morgan fingerprint density at radius 1 is 1.09 bits per heavy atom. The molecule has 5 heteroatoms. The zero-order valence-electron chi connectivity index (χ0n) is 18.6. The Kier molecular flexibility index (Phi) is 5.25. The molecule has 0 radical (unpaired) electrons. The molecule has 1 atom stereocenters. The molecule has 162 valence electrons. The average Bonchev–Trinajstić information content (AvgIpc) is 3.27. The highest BCUT2D eigenvalue weighted by atomic mass is 16.1. The van der Waals surface area contributed by atoms with Crippen LogP contribution in [0, 0.1) is 13.8 Å². The second kappa shape index (κ2) is 8.23. The van der Waals surface area contributed by atoms with Crippen LogP contribution in [-0.2, 0) is 17.6 Å². The minimum atomic E-state index is 0.223. The van der Waals surface area contributed by atoms with E-state index in [1.54, 1.807) is 0 Å². The fourth-order valence-corrected chi connectivity index (χ4v) is 4.96. The van der Waals surface area contributed by atoms with E-state index >= 15 is 0 Å². The monoisotopic (exact) mass is 424 g/mol. The number of amides is 1. The number of rotatable bonds is 5. The van der Waals surface area contributed by atoms with Gasteiger partial charge in [-0.3, -0.25) is 9.78 Å². The zero-order chi connectivity index (χ0) is 22.2. The summed E-state index contributed by atoms with van der Waals surface area (Å²) in [5.74, 6) is 0.479. The highest BCUT2D eigenvalue weighted by molar-refractivity contribution is 6.08. The summed E-state index contributed by atoms with van der Waals surface area (Å²) in [4.78, 5) is 22.4. The number of fused-ring (bicyclic) bond motifs is 3. The smallest absolute Gasteiger partial charge is 0.210 e. The second-order valence-corrected chi connectivity index (χ2v) is 8.94. The standard InChI is InChI=1S/C27H28N4O/c1-17-5-10-22-23-14-19(15-29-26(23)27(28)30-24(22)12-17)6-7-20-8-9-21(13-18(20)2)25-4-3-11-31(25)16-32/h5,8-10,12-16,25H,3-4,6-7,11H2,1-2H3,(H2,28,30). The maximum atomic E-state index is 11.3. The summed E-state index contributed by atoms with van der Waals surface area (Å²) < 4.78 is 0. The van der Waals surface area contributed by atoms with Crippen molar-refractivity contribution >= 4 is 34.0 Å². The third-order valence-electron chi connectivity index (χ3n) is 6.74. The second-order valence-electron chi connectivity index (χ2n) is 8.94. The van der Waals surface area contributed by atoms with E-state index in [4.69, 9.17) is 5.73 Å². The van der Waals surface area contributed by atoms with Crippen molar-refractivity contribution in [3.63, 3.8) is 0 Å². The molecule has 1 saturated heterocycles. The molecule has 4 aromatic rings. The summed E-state index contributed by atoms with van der Waals surface area (Å²) in [6, 6.07) is 15.4. The molecule has 2 N–H and O–H groups in total. The van der Waals surface area contributed by atoms with Crippen molar-refractivity contribution in [1.29, 1.82) is 0 Å². The molecule has 32 heavy (non-hydrogen) atoms. The predicted molar refractivity (Wildman–Crippen MR) is 130 cm³/mol. The van der Waals surface area contributed by atoms with E-state index in [9.17, 15) is 4.79 Å². The molecule has 0 aliphatic carbocycles. The Bertz CT molecular complexity index is 1330. The van der Waals surface area contributed by atoms with E-state index in [1.165, 1.54) is 27.8 Å². The molecule has 2 aromatic carbocycles. The molecular formula is C27H28N4O. The molecule has 1 unspecified atom stereocenters. The van der Waals surface area contributed by atoms with Gasteiger partial charge in [-0.15, -0.1) is 0 Å². The topological polar surface area (TPSA) is 72.1 Å². The highest BCUT2D eigenvalue weighted by Gasteiger charge is 2.24. The first-order valence-corrected chi connectivity index (χ1v) is 11.3. The fourth-order valence-electron chi connectivity index (χ4n) is 4.96. The number of aryl methyl sites for hydroxylation is 4. The predicted octanol–water partition coefficient (Wildman–Crippen LogP) is 5.06. The number of pyridine rings is 2. The van der Waals surface area contributed by atoms with Crippen LogP contribution in [-0.4, -0.2) is 27.8 Å². The largest absolute Gasteiger partial charge is 0.382 e. The van der Waals surface area contributed by atoms with Crippen molar-refractivity contribution in [3.05, 3.63) is 76.5 Å². The van der Waals surface area contributed by atoms with Crippen LogP contribution in [0.4, 0.5) is 5.82 Å². The summed E-state index contributed by atoms with van der Waals surface area (Å²) in [6.07, 6.45) is 6.88. The summed E-state index contributed by atoms with van der Waals surface area (Å²) in [7, 11) is 0. The number of nitrogens with two attached hydrogens (primary N) is 1. The number of carbonyl (C=O) groups is 1. The number of nitrogens with zero attached hydrogens (tertiary/aromatic N) is 3. The van der Waals surface area contributed by atoms with Crippen molar-refractivity contribution in [2.24, 2.45) is 0 Å². The van der Waals surface area contributed by atoms with Crippen LogP contribution < -0.4 is 5.73 Å². The maximum Gasteiger partial charge on any atom is 0.210 e. The number of carbonyl (C=O) groups excluding carboxylic acids is 1. The molecule has 5 rings (SSSR count). The van der Waals surface area contributed by atoms with Gasteiger partial charge in [-0.1, -0.05) is 30.3 Å². The SMILES string of the molecule is Cc1ccc2c(c1)nc(N)c1ncc(CCc3ccc(C4CCCN4C=O)cc3C)cc12. The lowest BCUT2D eigenvalue weighted by atomic mass is 9.95. The van der Waals surface area contributed by atoms with Crippen molar-refractivity contribution < 1.29 is 4.79 Å². The summed E-state index contributed by atoms with van der Waals surface area (Å²) in [5, 5.41) is 2.15. The minimum Gasteiger partial charge on any atom is -0.382 e. The number of hydrogen-bond donors (Lipinski definition) is 1. The van der Waals surface area contributed by atoms with Gasteiger partial charge in [0, 0.05) is 23.5 Å². The van der Waals surface area contributed by atoms with Crippen LogP contribution in [0.2, 0.25) is 0 Å². The normalized spacial score (nSPS) is 16.2. The Morgan fingerprint density at radius 2 is 1.97 bits per heavy atom. The van der Waals surface area contributed by atoms with E-state index in [1.807, 2.05) is 11.1 Å². The molecular weight excluding hydrogens is 396 g/mol. The molecule has 0 saturated carbocycles.